The summed E-state index contributed by atoms with van der Waals surface area (Å²) >= 11 is 0. The third-order valence-electron chi connectivity index (χ3n) is 2.15. The van der Waals surface area contributed by atoms with E-state index >= 15 is 0 Å². The highest BCUT2D eigenvalue weighted by molar-refractivity contribution is 5.81. The smallest absolute Gasteiger partial charge is 0.350 e. The van der Waals surface area contributed by atoms with Crippen molar-refractivity contribution in [2.24, 2.45) is 14.1 Å². The minimum atomic E-state index is -0.482. The quantitative estimate of drug-likeness (QED) is 0.536. The van der Waals surface area contributed by atoms with Crippen LogP contribution in [0.4, 0.5) is 5.82 Å². The molecule has 0 aliphatic carbocycles. The number of nitrogens with one attached hydrogen (secondary N) is 1. The maximum absolute atomic E-state index is 11.3. The molecule has 0 bridgehead atoms. The molecule has 2 aromatic heterocycles. The van der Waals surface area contributed by atoms with Crippen molar-refractivity contribution in [2.45, 2.75) is 0 Å². The Labute approximate surface area is 77.8 Å². The number of aromatic amines is 1. The van der Waals surface area contributed by atoms with Gasteiger partial charge in [-0.3, -0.25) is 9.13 Å². The van der Waals surface area contributed by atoms with Gasteiger partial charge in [-0.2, -0.15) is 4.98 Å². The van der Waals surface area contributed by atoms with E-state index in [-0.39, 0.29) is 11.5 Å². The zero-order valence-electron chi connectivity index (χ0n) is 7.74. The predicted molar refractivity (Wildman–Crippen MR) is 51.0 cm³/mol. The van der Waals surface area contributed by atoms with E-state index in [2.05, 4.69) is 9.97 Å². The standard InChI is InChI=1S/C7H9N5O2/c1-11-5-3(9-6(11)13)4(8)10-7(14)12(5)2/h1-2H3,(H,9,13)(H2,8,10,14). The van der Waals surface area contributed by atoms with Gasteiger partial charge in [0.2, 0.25) is 0 Å². The molecule has 0 aliphatic rings. The third kappa shape index (κ3) is 0.889. The number of nitrogens with zero attached hydrogens (tertiary/aromatic N) is 3. The second-order valence-corrected chi connectivity index (χ2v) is 3.03. The van der Waals surface area contributed by atoms with Crippen LogP contribution in [0.5, 0.6) is 0 Å². The van der Waals surface area contributed by atoms with Crippen LogP contribution in [0.3, 0.4) is 0 Å². The van der Waals surface area contributed by atoms with Crippen LogP contribution in [-0.4, -0.2) is 19.1 Å². The van der Waals surface area contributed by atoms with E-state index in [1.54, 1.807) is 7.05 Å². The van der Waals surface area contributed by atoms with Gasteiger partial charge in [0.1, 0.15) is 11.2 Å². The van der Waals surface area contributed by atoms with Crippen molar-refractivity contribution in [3.8, 4) is 0 Å². The van der Waals surface area contributed by atoms with Crippen LogP contribution in [-0.2, 0) is 14.1 Å². The molecule has 2 aromatic rings. The van der Waals surface area contributed by atoms with Crippen LogP contribution in [0.25, 0.3) is 11.2 Å². The highest BCUT2D eigenvalue weighted by atomic mass is 16.2. The Morgan fingerprint density at radius 3 is 2.57 bits per heavy atom. The van der Waals surface area contributed by atoms with E-state index < -0.39 is 5.69 Å². The van der Waals surface area contributed by atoms with Crippen LogP contribution >= 0.6 is 0 Å². The summed E-state index contributed by atoms with van der Waals surface area (Å²) in [5, 5.41) is 0. The molecule has 2 rings (SSSR count). The number of anilines is 1. The van der Waals surface area contributed by atoms with Crippen molar-refractivity contribution in [1.29, 1.82) is 0 Å². The topological polar surface area (TPSA) is 98.7 Å². The molecule has 74 valence electrons. The molecule has 0 saturated carbocycles. The van der Waals surface area contributed by atoms with Crippen LogP contribution in [0.15, 0.2) is 9.59 Å². The molecule has 14 heavy (non-hydrogen) atoms. The molecule has 0 aromatic carbocycles. The van der Waals surface area contributed by atoms with Gasteiger partial charge in [-0.05, 0) is 0 Å². The van der Waals surface area contributed by atoms with Crippen molar-refractivity contribution in [3.63, 3.8) is 0 Å². The van der Waals surface area contributed by atoms with Crippen LogP contribution in [0.1, 0.15) is 0 Å². The van der Waals surface area contributed by atoms with Crippen molar-refractivity contribution in [2.75, 3.05) is 5.73 Å². The summed E-state index contributed by atoms with van der Waals surface area (Å²) in [5.41, 5.74) is 5.52. The minimum Gasteiger partial charge on any atom is -0.382 e. The first-order valence-corrected chi connectivity index (χ1v) is 3.93. The SMILES string of the molecule is Cn1c(=O)nc(N)c2[nH]c(=O)n(C)c21. The molecular weight excluding hydrogens is 186 g/mol. The summed E-state index contributed by atoms with van der Waals surface area (Å²) in [6.45, 7) is 0. The molecule has 2 heterocycles. The Bertz CT molecular complexity index is 617. The lowest BCUT2D eigenvalue weighted by molar-refractivity contribution is 0.788. The zero-order chi connectivity index (χ0) is 10.5. The molecule has 0 fully saturated rings. The third-order valence-corrected chi connectivity index (χ3v) is 2.15. The fraction of sp³-hybridized carbons (Fsp3) is 0.286. The number of rotatable bonds is 0. The number of hydrogen-bond donors (Lipinski definition) is 2. The van der Waals surface area contributed by atoms with Crippen molar-refractivity contribution in [3.05, 3.63) is 21.0 Å². The minimum absolute atomic E-state index is 0.0424. The van der Waals surface area contributed by atoms with Gasteiger partial charge in [-0.1, -0.05) is 0 Å². The second-order valence-electron chi connectivity index (χ2n) is 3.03. The Morgan fingerprint density at radius 1 is 1.29 bits per heavy atom. The van der Waals surface area contributed by atoms with E-state index in [9.17, 15) is 9.59 Å². The molecule has 0 amide bonds. The molecule has 0 spiro atoms. The summed E-state index contributed by atoms with van der Waals surface area (Å²) in [6, 6.07) is 0. The first kappa shape index (κ1) is 8.54. The maximum atomic E-state index is 11.3. The van der Waals surface area contributed by atoms with Crippen molar-refractivity contribution >= 4 is 17.0 Å². The number of nitrogens with two attached hydrogens (primary N) is 1. The lowest BCUT2D eigenvalue weighted by atomic mass is 10.5. The average Bonchev–Trinajstić information content (AvgIpc) is 2.41. The van der Waals surface area contributed by atoms with Crippen LogP contribution in [0.2, 0.25) is 0 Å². The van der Waals surface area contributed by atoms with Gasteiger partial charge in [0, 0.05) is 14.1 Å². The normalized spacial score (nSPS) is 11.0. The molecule has 0 aliphatic heterocycles. The second kappa shape index (κ2) is 2.47. The van der Waals surface area contributed by atoms with E-state index in [0.717, 1.165) is 0 Å². The van der Waals surface area contributed by atoms with Gasteiger partial charge in [0.25, 0.3) is 0 Å². The van der Waals surface area contributed by atoms with Gasteiger partial charge < -0.3 is 10.7 Å². The fourth-order valence-corrected chi connectivity index (χ4v) is 1.41. The van der Waals surface area contributed by atoms with Crippen molar-refractivity contribution in [1.82, 2.24) is 19.1 Å². The predicted octanol–water partition coefficient (Wildman–Crippen LogP) is -1.46. The van der Waals surface area contributed by atoms with Gasteiger partial charge in [-0.25, -0.2) is 9.59 Å². The van der Waals surface area contributed by atoms with Crippen LogP contribution < -0.4 is 17.1 Å². The maximum Gasteiger partial charge on any atom is 0.350 e. The first-order chi connectivity index (χ1) is 6.52. The molecular formula is C7H9N5O2. The summed E-state index contributed by atoms with van der Waals surface area (Å²) in [6.07, 6.45) is 0. The van der Waals surface area contributed by atoms with E-state index in [1.807, 2.05) is 0 Å². The number of fused-ring (bicyclic) bond motifs is 1. The molecule has 3 N–H and O–H groups in total. The zero-order valence-corrected chi connectivity index (χ0v) is 7.74. The number of aromatic nitrogens is 4. The number of nitrogen functional groups attached to an aromatic ring is 1. The van der Waals surface area contributed by atoms with Gasteiger partial charge in [0.15, 0.2) is 5.82 Å². The van der Waals surface area contributed by atoms with Gasteiger partial charge >= 0.3 is 11.4 Å². The Morgan fingerprint density at radius 2 is 1.93 bits per heavy atom. The largest absolute Gasteiger partial charge is 0.382 e. The average molecular weight is 195 g/mol. The number of H-pyrrole nitrogens is 1. The highest BCUT2D eigenvalue weighted by Gasteiger charge is 2.11. The number of hydrogen-bond acceptors (Lipinski definition) is 4. The fourth-order valence-electron chi connectivity index (χ4n) is 1.41. The molecule has 0 unspecified atom stereocenters. The Balaban J connectivity index is 3.19. The monoisotopic (exact) mass is 195 g/mol. The summed E-state index contributed by atoms with van der Waals surface area (Å²) < 4.78 is 2.58. The molecule has 0 atom stereocenters. The van der Waals surface area contributed by atoms with E-state index in [1.165, 1.54) is 16.2 Å². The van der Waals surface area contributed by atoms with E-state index in [0.29, 0.717) is 11.2 Å². The van der Waals surface area contributed by atoms with Crippen LogP contribution in [0, 0.1) is 0 Å². The lowest BCUT2D eigenvalue weighted by Crippen LogP contribution is -2.23. The van der Waals surface area contributed by atoms with Crippen molar-refractivity contribution < 1.29 is 0 Å². The molecule has 0 radical (unpaired) electrons. The Kier molecular flexibility index (Phi) is 1.51. The summed E-state index contributed by atoms with van der Waals surface area (Å²) in [5.74, 6) is 0.0424. The number of aryl methyl sites for hydroxylation is 2. The molecule has 7 heteroatoms. The molecule has 7 nitrogen and oxygen atoms in total. The first-order valence-electron chi connectivity index (χ1n) is 3.93. The summed E-state index contributed by atoms with van der Waals surface area (Å²) in [4.78, 5) is 28.6. The summed E-state index contributed by atoms with van der Waals surface area (Å²) in [7, 11) is 3.09. The van der Waals surface area contributed by atoms with E-state index in [4.69, 9.17) is 5.73 Å². The van der Waals surface area contributed by atoms with Gasteiger partial charge in [0.05, 0.1) is 0 Å². The number of imidazole rings is 1. The highest BCUT2D eigenvalue weighted by Crippen LogP contribution is 2.10. The Hall–Kier alpha value is -2.05. The molecule has 0 saturated heterocycles. The lowest BCUT2D eigenvalue weighted by Gasteiger charge is -2.01. The van der Waals surface area contributed by atoms with Gasteiger partial charge in [-0.15, -0.1) is 0 Å².